The highest BCUT2D eigenvalue weighted by atomic mass is 127. The third kappa shape index (κ3) is 3.34. The monoisotopic (exact) mass is 354 g/mol. The summed E-state index contributed by atoms with van der Waals surface area (Å²) in [6.07, 6.45) is 5.80. The number of nitrogens with zero attached hydrogens (tertiary/aromatic N) is 2. The Balaban J connectivity index is 2.10. The number of rotatable bonds is 6. The summed E-state index contributed by atoms with van der Waals surface area (Å²) < 4.78 is 1.26. The van der Waals surface area contributed by atoms with Crippen molar-refractivity contribution < 1.29 is 0 Å². The van der Waals surface area contributed by atoms with Crippen molar-refractivity contribution in [2.45, 2.75) is 19.3 Å². The van der Waals surface area contributed by atoms with Crippen LogP contribution in [0.25, 0.3) is 10.9 Å². The maximum atomic E-state index is 4.41. The number of hydrogen-bond donors (Lipinski definition) is 0. The zero-order chi connectivity index (χ0) is 12.8. The molecule has 2 rings (SSSR count). The van der Waals surface area contributed by atoms with Crippen LogP contribution in [-0.2, 0) is 0 Å². The number of unbranched alkanes of at least 4 members (excludes halogenated alkanes) is 2. The summed E-state index contributed by atoms with van der Waals surface area (Å²) >= 11 is 2.45. The van der Waals surface area contributed by atoms with Gasteiger partial charge in [-0.1, -0.05) is 47.2 Å². The summed E-state index contributed by atoms with van der Waals surface area (Å²) in [5.41, 5.74) is 2.36. The number of benzene rings is 1. The van der Waals surface area contributed by atoms with Crippen LogP contribution in [0.3, 0.4) is 0 Å². The van der Waals surface area contributed by atoms with Crippen LogP contribution in [0, 0.1) is 0 Å². The molecule has 0 aliphatic heterocycles. The van der Waals surface area contributed by atoms with Crippen LogP contribution in [0.5, 0.6) is 0 Å². The minimum absolute atomic E-state index is 1.08. The second-order valence-electron chi connectivity index (χ2n) is 4.52. The highest BCUT2D eigenvalue weighted by Crippen LogP contribution is 2.24. The number of fused-ring (bicyclic) bond motifs is 1. The molecule has 0 atom stereocenters. The van der Waals surface area contributed by atoms with Gasteiger partial charge in [0.2, 0.25) is 0 Å². The molecule has 0 radical (unpaired) electrons. The van der Waals surface area contributed by atoms with Gasteiger partial charge in [0, 0.05) is 30.9 Å². The van der Waals surface area contributed by atoms with Crippen LogP contribution in [0.1, 0.15) is 19.3 Å². The van der Waals surface area contributed by atoms with Crippen LogP contribution < -0.4 is 4.90 Å². The van der Waals surface area contributed by atoms with Crippen LogP contribution in [0.15, 0.2) is 36.5 Å². The molecule has 0 bridgehead atoms. The van der Waals surface area contributed by atoms with E-state index in [9.17, 15) is 0 Å². The van der Waals surface area contributed by atoms with Crippen molar-refractivity contribution in [1.29, 1.82) is 0 Å². The van der Waals surface area contributed by atoms with Crippen LogP contribution in [-0.4, -0.2) is 23.0 Å². The first-order chi connectivity index (χ1) is 8.83. The zero-order valence-corrected chi connectivity index (χ0v) is 12.9. The Bertz CT molecular complexity index is 493. The fraction of sp³-hybridized carbons (Fsp3) is 0.400. The van der Waals surface area contributed by atoms with Gasteiger partial charge in [-0.25, -0.2) is 0 Å². The average molecular weight is 354 g/mol. The van der Waals surface area contributed by atoms with Gasteiger partial charge in [0.15, 0.2) is 0 Å². The molecule has 3 heteroatoms. The molecule has 1 heterocycles. The van der Waals surface area contributed by atoms with E-state index in [2.05, 4.69) is 63.8 Å². The van der Waals surface area contributed by atoms with Crippen LogP contribution in [0.4, 0.5) is 5.69 Å². The van der Waals surface area contributed by atoms with Crippen molar-refractivity contribution >= 4 is 39.2 Å². The molecule has 96 valence electrons. The summed E-state index contributed by atoms with van der Waals surface area (Å²) in [4.78, 5) is 6.75. The van der Waals surface area contributed by atoms with Crippen molar-refractivity contribution in [2.75, 3.05) is 22.9 Å². The lowest BCUT2D eigenvalue weighted by Crippen LogP contribution is -2.18. The molecule has 0 unspecified atom stereocenters. The van der Waals surface area contributed by atoms with E-state index >= 15 is 0 Å². The number of para-hydroxylation sites is 1. The van der Waals surface area contributed by atoms with Gasteiger partial charge in [-0.2, -0.15) is 0 Å². The largest absolute Gasteiger partial charge is 0.374 e. The van der Waals surface area contributed by atoms with E-state index in [-0.39, 0.29) is 0 Å². The van der Waals surface area contributed by atoms with Gasteiger partial charge in [-0.3, -0.25) is 4.98 Å². The van der Waals surface area contributed by atoms with E-state index in [0.29, 0.717) is 0 Å². The van der Waals surface area contributed by atoms with Crippen molar-refractivity contribution in [2.24, 2.45) is 0 Å². The minimum atomic E-state index is 1.08. The van der Waals surface area contributed by atoms with Gasteiger partial charge >= 0.3 is 0 Å². The number of hydrogen-bond acceptors (Lipinski definition) is 2. The first-order valence-corrected chi connectivity index (χ1v) is 7.96. The van der Waals surface area contributed by atoms with Crippen LogP contribution in [0.2, 0.25) is 0 Å². The van der Waals surface area contributed by atoms with E-state index in [0.717, 1.165) is 12.1 Å². The third-order valence-electron chi connectivity index (χ3n) is 3.16. The average Bonchev–Trinajstić information content (AvgIpc) is 2.43. The first kappa shape index (κ1) is 13.6. The van der Waals surface area contributed by atoms with Crippen molar-refractivity contribution in [3.8, 4) is 0 Å². The quantitative estimate of drug-likeness (QED) is 0.437. The molecule has 0 fully saturated rings. The minimum Gasteiger partial charge on any atom is -0.374 e. The molecule has 18 heavy (non-hydrogen) atoms. The summed E-state index contributed by atoms with van der Waals surface area (Å²) in [6, 6.07) is 10.5. The van der Waals surface area contributed by atoms with E-state index in [4.69, 9.17) is 0 Å². The number of alkyl halides is 1. The summed E-state index contributed by atoms with van der Waals surface area (Å²) in [5.74, 6) is 0. The van der Waals surface area contributed by atoms with Gasteiger partial charge in [-0.05, 0) is 29.4 Å². The molecule has 0 spiro atoms. The zero-order valence-electron chi connectivity index (χ0n) is 10.8. The van der Waals surface area contributed by atoms with Crippen LogP contribution >= 0.6 is 22.6 Å². The van der Waals surface area contributed by atoms with Gasteiger partial charge in [0.1, 0.15) is 0 Å². The first-order valence-electron chi connectivity index (χ1n) is 6.44. The van der Waals surface area contributed by atoms with Gasteiger partial charge in [0.05, 0.1) is 5.52 Å². The Morgan fingerprint density at radius 3 is 2.78 bits per heavy atom. The molecule has 1 aromatic carbocycles. The van der Waals surface area contributed by atoms with E-state index < -0.39 is 0 Å². The van der Waals surface area contributed by atoms with Gasteiger partial charge in [0.25, 0.3) is 0 Å². The van der Waals surface area contributed by atoms with Crippen molar-refractivity contribution in [3.63, 3.8) is 0 Å². The Morgan fingerprint density at radius 1 is 1.11 bits per heavy atom. The standard InChI is InChI=1S/C15H19IN2/c1-18(12-6-2-5-10-16)15-9-11-17-14-8-4-3-7-13(14)15/h3-4,7-9,11H,2,5-6,10,12H2,1H3. The second-order valence-corrected chi connectivity index (χ2v) is 5.60. The molecule has 0 aliphatic rings. The Hall–Kier alpha value is -0.840. The van der Waals surface area contributed by atoms with Gasteiger partial charge < -0.3 is 4.90 Å². The molecule has 2 aromatic rings. The number of halogens is 1. The topological polar surface area (TPSA) is 16.1 Å². The summed E-state index contributed by atoms with van der Waals surface area (Å²) in [7, 11) is 2.17. The highest BCUT2D eigenvalue weighted by molar-refractivity contribution is 14.1. The van der Waals surface area contributed by atoms with E-state index in [1.54, 1.807) is 0 Å². The number of aromatic nitrogens is 1. The van der Waals surface area contributed by atoms with Gasteiger partial charge in [-0.15, -0.1) is 0 Å². The Morgan fingerprint density at radius 2 is 1.94 bits per heavy atom. The molecule has 0 N–H and O–H groups in total. The van der Waals surface area contributed by atoms with Crippen molar-refractivity contribution in [1.82, 2.24) is 4.98 Å². The molecular formula is C15H19IN2. The molecular weight excluding hydrogens is 335 g/mol. The lowest BCUT2D eigenvalue weighted by Gasteiger charge is -2.20. The van der Waals surface area contributed by atoms with E-state index in [1.807, 2.05) is 12.3 Å². The summed E-state index contributed by atoms with van der Waals surface area (Å²) in [6.45, 7) is 1.12. The normalized spacial score (nSPS) is 10.8. The number of anilines is 1. The number of pyridine rings is 1. The molecule has 1 aromatic heterocycles. The highest BCUT2D eigenvalue weighted by Gasteiger charge is 2.05. The maximum Gasteiger partial charge on any atom is 0.0722 e. The molecule has 2 nitrogen and oxygen atoms in total. The maximum absolute atomic E-state index is 4.41. The lowest BCUT2D eigenvalue weighted by atomic mass is 10.1. The lowest BCUT2D eigenvalue weighted by molar-refractivity contribution is 0.714. The Kier molecular flexibility index (Phi) is 5.23. The fourth-order valence-electron chi connectivity index (χ4n) is 2.15. The SMILES string of the molecule is CN(CCCCCI)c1ccnc2ccccc12. The fourth-order valence-corrected chi connectivity index (χ4v) is 2.69. The van der Waals surface area contributed by atoms with Crippen molar-refractivity contribution in [3.05, 3.63) is 36.5 Å². The smallest absolute Gasteiger partial charge is 0.0722 e. The molecule has 0 saturated heterocycles. The summed E-state index contributed by atoms with van der Waals surface area (Å²) in [5, 5.41) is 1.25. The Labute approximate surface area is 123 Å². The third-order valence-corrected chi connectivity index (χ3v) is 3.93. The predicted octanol–water partition coefficient (Wildman–Crippen LogP) is 4.28. The molecule has 0 amide bonds. The second kappa shape index (κ2) is 6.92. The predicted molar refractivity (Wildman–Crippen MR) is 87.8 cm³/mol. The molecule has 0 saturated carbocycles. The van der Waals surface area contributed by atoms with E-state index in [1.165, 1.54) is 34.8 Å². The molecule has 0 aliphatic carbocycles.